The molecule has 0 radical (unpaired) electrons. The van der Waals surface area contributed by atoms with Gasteiger partial charge in [-0.05, 0) is 6.07 Å². The molecular formula is C15H17NO6. The van der Waals surface area contributed by atoms with E-state index in [0.717, 1.165) is 0 Å². The number of carbonyl (C=O) groups is 2. The number of amides is 1. The third-order valence-electron chi connectivity index (χ3n) is 3.52. The predicted molar refractivity (Wildman–Crippen MR) is 76.6 cm³/mol. The Morgan fingerprint density at radius 2 is 2.09 bits per heavy atom. The summed E-state index contributed by atoms with van der Waals surface area (Å²) >= 11 is 0. The molecular weight excluding hydrogens is 290 g/mol. The van der Waals surface area contributed by atoms with Gasteiger partial charge in [0.2, 0.25) is 0 Å². The number of Topliss-reactive ketones (excluding diaryl/α,β-unsaturated/α-hetero) is 1. The Labute approximate surface area is 127 Å². The summed E-state index contributed by atoms with van der Waals surface area (Å²) in [4.78, 5) is 23.1. The van der Waals surface area contributed by atoms with Crippen molar-refractivity contribution < 1.29 is 28.5 Å². The Morgan fingerprint density at radius 1 is 1.23 bits per heavy atom. The van der Waals surface area contributed by atoms with Crippen molar-refractivity contribution in [3.05, 3.63) is 17.7 Å². The van der Waals surface area contributed by atoms with E-state index in [1.54, 1.807) is 19.2 Å². The number of ketones is 1. The summed E-state index contributed by atoms with van der Waals surface area (Å²) in [5.74, 6) is -0.158. The zero-order valence-electron chi connectivity index (χ0n) is 12.2. The SMILES string of the molecule is COCCOCCC1COc2cc3c(cc2O1)C(=O)C(=O)N3. The molecule has 0 aromatic heterocycles. The van der Waals surface area contributed by atoms with E-state index in [2.05, 4.69) is 5.32 Å². The van der Waals surface area contributed by atoms with Gasteiger partial charge in [0.15, 0.2) is 11.5 Å². The first-order valence-electron chi connectivity index (χ1n) is 7.09. The van der Waals surface area contributed by atoms with Gasteiger partial charge in [0.25, 0.3) is 11.7 Å². The van der Waals surface area contributed by atoms with Crippen LogP contribution in [0.5, 0.6) is 11.5 Å². The maximum Gasteiger partial charge on any atom is 0.296 e. The van der Waals surface area contributed by atoms with Gasteiger partial charge in [0.05, 0.1) is 31.1 Å². The molecule has 0 saturated carbocycles. The van der Waals surface area contributed by atoms with E-state index in [4.69, 9.17) is 18.9 Å². The Kier molecular flexibility index (Phi) is 4.26. The molecule has 7 nitrogen and oxygen atoms in total. The molecule has 2 aliphatic rings. The minimum Gasteiger partial charge on any atom is -0.486 e. The topological polar surface area (TPSA) is 83.1 Å². The van der Waals surface area contributed by atoms with Crippen LogP contribution in [0.1, 0.15) is 16.8 Å². The van der Waals surface area contributed by atoms with Crippen LogP contribution < -0.4 is 14.8 Å². The van der Waals surface area contributed by atoms with Crippen LogP contribution in [0.3, 0.4) is 0 Å². The van der Waals surface area contributed by atoms with Crippen LogP contribution >= 0.6 is 0 Å². The predicted octanol–water partition coefficient (Wildman–Crippen LogP) is 1.01. The van der Waals surface area contributed by atoms with Crippen molar-refractivity contribution in [1.29, 1.82) is 0 Å². The second-order valence-corrected chi connectivity index (χ2v) is 5.07. The second-order valence-electron chi connectivity index (χ2n) is 5.07. The Balaban J connectivity index is 1.61. The minimum atomic E-state index is -0.625. The second kappa shape index (κ2) is 6.33. The molecule has 1 N–H and O–H groups in total. The maximum atomic E-state index is 11.7. The quantitative estimate of drug-likeness (QED) is 0.624. The van der Waals surface area contributed by atoms with Crippen molar-refractivity contribution in [3.63, 3.8) is 0 Å². The van der Waals surface area contributed by atoms with Crippen LogP contribution in [0.4, 0.5) is 5.69 Å². The van der Waals surface area contributed by atoms with Crippen LogP contribution in [0, 0.1) is 0 Å². The van der Waals surface area contributed by atoms with Crippen molar-refractivity contribution in [1.82, 2.24) is 0 Å². The highest BCUT2D eigenvalue weighted by Crippen LogP contribution is 2.39. The summed E-state index contributed by atoms with van der Waals surface area (Å²) in [5.41, 5.74) is 0.794. The normalized spacial score (nSPS) is 19.0. The highest BCUT2D eigenvalue weighted by Gasteiger charge is 2.32. The van der Waals surface area contributed by atoms with Gasteiger partial charge >= 0.3 is 0 Å². The fourth-order valence-electron chi connectivity index (χ4n) is 2.36. The van der Waals surface area contributed by atoms with E-state index in [0.29, 0.717) is 55.6 Å². The summed E-state index contributed by atoms with van der Waals surface area (Å²) in [6.45, 7) is 2.04. The molecule has 3 rings (SSSR count). The zero-order chi connectivity index (χ0) is 15.5. The minimum absolute atomic E-state index is 0.145. The van der Waals surface area contributed by atoms with E-state index >= 15 is 0 Å². The van der Waals surface area contributed by atoms with Crippen LogP contribution in [-0.2, 0) is 14.3 Å². The first kappa shape index (κ1) is 14.8. The number of methoxy groups -OCH3 is 1. The molecule has 1 unspecified atom stereocenters. The van der Waals surface area contributed by atoms with Gasteiger partial charge in [-0.25, -0.2) is 0 Å². The van der Waals surface area contributed by atoms with Crippen LogP contribution in [0.2, 0.25) is 0 Å². The van der Waals surface area contributed by atoms with Crippen LogP contribution in [0.15, 0.2) is 12.1 Å². The fourth-order valence-corrected chi connectivity index (χ4v) is 2.36. The molecule has 0 fully saturated rings. The summed E-state index contributed by atoms with van der Waals surface area (Å²) in [7, 11) is 1.62. The molecule has 22 heavy (non-hydrogen) atoms. The Morgan fingerprint density at radius 3 is 2.91 bits per heavy atom. The zero-order valence-corrected chi connectivity index (χ0v) is 12.2. The van der Waals surface area contributed by atoms with E-state index in [9.17, 15) is 9.59 Å². The number of benzene rings is 1. The number of ether oxygens (including phenoxy) is 4. The van der Waals surface area contributed by atoms with E-state index in [-0.39, 0.29) is 6.10 Å². The van der Waals surface area contributed by atoms with Gasteiger partial charge in [-0.2, -0.15) is 0 Å². The molecule has 2 aliphatic heterocycles. The lowest BCUT2D eigenvalue weighted by molar-refractivity contribution is -0.112. The number of anilines is 1. The van der Waals surface area contributed by atoms with Crippen LogP contribution in [0.25, 0.3) is 0 Å². The third kappa shape index (κ3) is 2.90. The summed E-state index contributed by atoms with van der Waals surface area (Å²) in [6, 6.07) is 3.18. The molecule has 1 aromatic rings. The molecule has 7 heteroatoms. The largest absolute Gasteiger partial charge is 0.486 e. The lowest BCUT2D eigenvalue weighted by Gasteiger charge is -2.27. The first-order valence-corrected chi connectivity index (χ1v) is 7.09. The van der Waals surface area contributed by atoms with Crippen LogP contribution in [-0.4, -0.2) is 51.3 Å². The van der Waals surface area contributed by atoms with E-state index < -0.39 is 11.7 Å². The number of fused-ring (bicyclic) bond motifs is 2. The molecule has 0 saturated heterocycles. The molecule has 1 atom stereocenters. The first-order chi connectivity index (χ1) is 10.7. The van der Waals surface area contributed by atoms with Crippen molar-refractivity contribution in [2.75, 3.05) is 38.9 Å². The van der Waals surface area contributed by atoms with Gasteiger partial charge in [-0.1, -0.05) is 0 Å². The Bertz CT molecular complexity index is 600. The number of carbonyl (C=O) groups excluding carboxylic acids is 2. The standard InChI is InChI=1S/C15H17NO6/c1-19-4-5-20-3-2-9-8-21-12-7-11-10(6-13(12)22-9)14(17)15(18)16-11/h6-7,9H,2-5,8H2,1H3,(H,16,17,18). The van der Waals surface area contributed by atoms with Gasteiger partial charge in [-0.15, -0.1) is 0 Å². The highest BCUT2D eigenvalue weighted by molar-refractivity contribution is 6.51. The smallest absolute Gasteiger partial charge is 0.296 e. The number of nitrogens with one attached hydrogen (secondary N) is 1. The lowest BCUT2D eigenvalue weighted by Crippen LogP contribution is -2.30. The summed E-state index contributed by atoms with van der Waals surface area (Å²) in [6.07, 6.45) is 0.527. The molecule has 1 amide bonds. The molecule has 2 heterocycles. The van der Waals surface area contributed by atoms with Gasteiger partial charge in [0, 0.05) is 19.6 Å². The van der Waals surface area contributed by atoms with Gasteiger partial charge < -0.3 is 24.3 Å². The van der Waals surface area contributed by atoms with Crippen molar-refractivity contribution in [2.45, 2.75) is 12.5 Å². The summed E-state index contributed by atoms with van der Waals surface area (Å²) in [5, 5.41) is 2.51. The van der Waals surface area contributed by atoms with Gasteiger partial charge in [0.1, 0.15) is 12.7 Å². The Hall–Kier alpha value is -2.12. The van der Waals surface area contributed by atoms with E-state index in [1.807, 2.05) is 0 Å². The average Bonchev–Trinajstić information content (AvgIpc) is 2.79. The lowest BCUT2D eigenvalue weighted by atomic mass is 10.1. The molecule has 0 aliphatic carbocycles. The fraction of sp³-hybridized carbons (Fsp3) is 0.467. The molecule has 0 spiro atoms. The number of hydrogen-bond donors (Lipinski definition) is 1. The molecule has 1 aromatic carbocycles. The van der Waals surface area contributed by atoms with E-state index in [1.165, 1.54) is 0 Å². The van der Waals surface area contributed by atoms with Gasteiger partial charge in [-0.3, -0.25) is 9.59 Å². The highest BCUT2D eigenvalue weighted by atomic mass is 16.6. The third-order valence-corrected chi connectivity index (χ3v) is 3.52. The van der Waals surface area contributed by atoms with Crippen molar-refractivity contribution in [3.8, 4) is 11.5 Å². The number of hydrogen-bond acceptors (Lipinski definition) is 6. The average molecular weight is 307 g/mol. The summed E-state index contributed by atoms with van der Waals surface area (Å²) < 4.78 is 21.8. The van der Waals surface area contributed by atoms with Crippen molar-refractivity contribution in [2.24, 2.45) is 0 Å². The maximum absolute atomic E-state index is 11.7. The molecule has 0 bridgehead atoms. The molecule has 118 valence electrons. The number of rotatable bonds is 6. The van der Waals surface area contributed by atoms with Crippen molar-refractivity contribution >= 4 is 17.4 Å². The monoisotopic (exact) mass is 307 g/mol.